The third kappa shape index (κ3) is 3.59. The molecule has 1 N–H and O–H groups in total. The van der Waals surface area contributed by atoms with E-state index in [2.05, 4.69) is 34.9 Å². The highest BCUT2D eigenvalue weighted by Gasteiger charge is 2.16. The zero-order chi connectivity index (χ0) is 18.8. The summed E-state index contributed by atoms with van der Waals surface area (Å²) in [4.78, 5) is 15.4. The number of carboxylic acid groups (broad SMARTS) is 1. The van der Waals surface area contributed by atoms with Crippen molar-refractivity contribution in [3.05, 3.63) is 70.5 Å². The summed E-state index contributed by atoms with van der Waals surface area (Å²) in [7, 11) is 0. The lowest BCUT2D eigenvalue weighted by Gasteiger charge is -2.07. The van der Waals surface area contributed by atoms with Crippen molar-refractivity contribution >= 4 is 33.0 Å². The van der Waals surface area contributed by atoms with Gasteiger partial charge in [-0.3, -0.25) is 4.79 Å². The number of pyridine rings is 1. The van der Waals surface area contributed by atoms with E-state index in [1.165, 1.54) is 21.2 Å². The molecule has 4 aromatic rings. The van der Waals surface area contributed by atoms with Crippen molar-refractivity contribution in [1.82, 2.24) is 9.38 Å². The fourth-order valence-corrected chi connectivity index (χ4v) is 4.42. The van der Waals surface area contributed by atoms with Gasteiger partial charge in [-0.1, -0.05) is 18.2 Å². The highest BCUT2D eigenvalue weighted by atomic mass is 32.1. The van der Waals surface area contributed by atoms with Gasteiger partial charge in [0.2, 0.25) is 0 Å². The molecule has 6 heteroatoms. The van der Waals surface area contributed by atoms with Gasteiger partial charge in [-0.05, 0) is 47.0 Å². The van der Waals surface area contributed by atoms with Crippen LogP contribution in [0, 0.1) is 6.92 Å². The molecule has 138 valence electrons. The number of hydrogen-bond acceptors (Lipinski definition) is 4. The van der Waals surface area contributed by atoms with Gasteiger partial charge in [0, 0.05) is 17.3 Å². The van der Waals surface area contributed by atoms with Crippen LogP contribution in [-0.4, -0.2) is 27.1 Å². The summed E-state index contributed by atoms with van der Waals surface area (Å²) < 4.78 is 8.96. The Balaban J connectivity index is 1.69. The molecule has 3 aromatic heterocycles. The Labute approximate surface area is 160 Å². The van der Waals surface area contributed by atoms with Gasteiger partial charge in [0.25, 0.3) is 0 Å². The first kappa shape index (κ1) is 17.7. The molecule has 0 unspecified atom stereocenters. The Hall–Kier alpha value is -2.70. The molecule has 0 aliphatic carbocycles. The topological polar surface area (TPSA) is 63.8 Å². The molecule has 0 radical (unpaired) electrons. The number of imidazole rings is 1. The fourth-order valence-electron chi connectivity index (χ4n) is 3.38. The van der Waals surface area contributed by atoms with E-state index in [1.807, 2.05) is 24.4 Å². The van der Waals surface area contributed by atoms with Crippen LogP contribution >= 0.6 is 11.3 Å². The maximum absolute atomic E-state index is 10.7. The van der Waals surface area contributed by atoms with Gasteiger partial charge in [-0.2, -0.15) is 0 Å². The number of rotatable bonds is 7. The first-order valence-corrected chi connectivity index (χ1v) is 9.71. The van der Waals surface area contributed by atoms with Crippen molar-refractivity contribution in [2.45, 2.75) is 26.4 Å². The smallest absolute Gasteiger partial charge is 0.305 e. The molecule has 0 atom stereocenters. The summed E-state index contributed by atoms with van der Waals surface area (Å²) in [6.07, 6.45) is 2.77. The standard InChI is InChI=1S/C21H20N2O3S/c1-14-5-4-6-18-21(14)15(13-27-18)11-17-16(12-26-10-8-20(24)25)22-19-7-2-3-9-23(17)19/h2-7,9,13H,8,10-12H2,1H3,(H,24,25). The SMILES string of the molecule is Cc1cccc2scc(Cc3c(COCCC(=O)O)nc4ccccn34)c12. The Kier molecular flexibility index (Phi) is 4.92. The maximum atomic E-state index is 10.7. The lowest BCUT2D eigenvalue weighted by atomic mass is 10.0. The number of carbonyl (C=O) groups is 1. The maximum Gasteiger partial charge on any atom is 0.305 e. The lowest BCUT2D eigenvalue weighted by molar-refractivity contribution is -0.138. The van der Waals surface area contributed by atoms with E-state index in [0.717, 1.165) is 23.5 Å². The van der Waals surface area contributed by atoms with Crippen LogP contribution in [0.2, 0.25) is 0 Å². The van der Waals surface area contributed by atoms with Crippen LogP contribution in [0.1, 0.15) is 28.9 Å². The summed E-state index contributed by atoms with van der Waals surface area (Å²) in [6.45, 7) is 2.64. The van der Waals surface area contributed by atoms with Gasteiger partial charge in [0.05, 0.1) is 31.0 Å². The van der Waals surface area contributed by atoms with Crippen molar-refractivity contribution in [2.75, 3.05) is 6.61 Å². The van der Waals surface area contributed by atoms with E-state index < -0.39 is 5.97 Å². The Morgan fingerprint density at radius 2 is 2.15 bits per heavy atom. The molecular weight excluding hydrogens is 360 g/mol. The number of ether oxygens (including phenoxy) is 1. The molecule has 3 heterocycles. The second-order valence-corrected chi connectivity index (χ2v) is 7.43. The van der Waals surface area contributed by atoms with E-state index in [1.54, 1.807) is 11.3 Å². The second-order valence-electron chi connectivity index (χ2n) is 6.52. The van der Waals surface area contributed by atoms with Crippen molar-refractivity contribution in [2.24, 2.45) is 0 Å². The van der Waals surface area contributed by atoms with Gasteiger partial charge >= 0.3 is 5.97 Å². The third-order valence-corrected chi connectivity index (χ3v) is 5.65. The van der Waals surface area contributed by atoms with Crippen LogP contribution in [-0.2, 0) is 22.6 Å². The van der Waals surface area contributed by atoms with Gasteiger partial charge in [0.1, 0.15) is 5.65 Å². The highest BCUT2D eigenvalue weighted by molar-refractivity contribution is 7.17. The molecule has 4 rings (SSSR count). The fraction of sp³-hybridized carbons (Fsp3) is 0.238. The minimum Gasteiger partial charge on any atom is -0.481 e. The summed E-state index contributed by atoms with van der Waals surface area (Å²) in [5, 5.41) is 12.3. The zero-order valence-electron chi connectivity index (χ0n) is 15.0. The van der Waals surface area contributed by atoms with E-state index in [0.29, 0.717) is 6.61 Å². The van der Waals surface area contributed by atoms with E-state index in [4.69, 9.17) is 14.8 Å². The number of hydrogen-bond donors (Lipinski definition) is 1. The van der Waals surface area contributed by atoms with Crippen LogP contribution in [0.5, 0.6) is 0 Å². The number of carboxylic acids is 1. The zero-order valence-corrected chi connectivity index (χ0v) is 15.8. The van der Waals surface area contributed by atoms with Crippen LogP contribution in [0.4, 0.5) is 0 Å². The Morgan fingerprint density at radius 1 is 1.26 bits per heavy atom. The predicted octanol–water partition coefficient (Wildman–Crippen LogP) is 4.44. The summed E-state index contributed by atoms with van der Waals surface area (Å²) in [6, 6.07) is 12.3. The second kappa shape index (κ2) is 7.50. The molecular formula is C21H20N2O3S. The van der Waals surface area contributed by atoms with E-state index in [9.17, 15) is 4.79 Å². The monoisotopic (exact) mass is 380 g/mol. The van der Waals surface area contributed by atoms with Crippen molar-refractivity contribution in [1.29, 1.82) is 0 Å². The van der Waals surface area contributed by atoms with Crippen LogP contribution in [0.25, 0.3) is 15.7 Å². The third-order valence-electron chi connectivity index (χ3n) is 4.65. The number of nitrogens with zero attached hydrogens (tertiary/aromatic N) is 2. The quantitative estimate of drug-likeness (QED) is 0.482. The van der Waals surface area contributed by atoms with Crippen molar-refractivity contribution in [3.8, 4) is 0 Å². The molecule has 5 nitrogen and oxygen atoms in total. The molecule has 0 aliphatic heterocycles. The lowest BCUT2D eigenvalue weighted by Crippen LogP contribution is -2.05. The number of benzene rings is 1. The summed E-state index contributed by atoms with van der Waals surface area (Å²) in [5.74, 6) is -0.856. The van der Waals surface area contributed by atoms with Crippen LogP contribution in [0.15, 0.2) is 48.0 Å². The minimum atomic E-state index is -0.856. The first-order valence-electron chi connectivity index (χ1n) is 8.83. The molecule has 0 saturated carbocycles. The Morgan fingerprint density at radius 3 is 3.00 bits per heavy atom. The number of aryl methyl sites for hydroxylation is 1. The molecule has 1 aromatic carbocycles. The molecule has 0 amide bonds. The van der Waals surface area contributed by atoms with Gasteiger partial charge in [-0.15, -0.1) is 11.3 Å². The summed E-state index contributed by atoms with van der Waals surface area (Å²) >= 11 is 1.76. The molecule has 0 fully saturated rings. The average molecular weight is 380 g/mol. The van der Waals surface area contributed by atoms with Gasteiger partial charge < -0.3 is 14.2 Å². The van der Waals surface area contributed by atoms with Crippen LogP contribution in [0.3, 0.4) is 0 Å². The number of fused-ring (bicyclic) bond motifs is 2. The first-order chi connectivity index (χ1) is 13.1. The van der Waals surface area contributed by atoms with Crippen molar-refractivity contribution < 1.29 is 14.6 Å². The highest BCUT2D eigenvalue weighted by Crippen LogP contribution is 2.31. The average Bonchev–Trinajstić information content (AvgIpc) is 3.22. The number of thiophene rings is 1. The summed E-state index contributed by atoms with van der Waals surface area (Å²) in [5.41, 5.74) is 5.38. The normalized spacial score (nSPS) is 11.4. The minimum absolute atomic E-state index is 0.00291. The molecule has 27 heavy (non-hydrogen) atoms. The molecule has 0 bridgehead atoms. The van der Waals surface area contributed by atoms with E-state index in [-0.39, 0.29) is 13.0 Å². The van der Waals surface area contributed by atoms with Gasteiger partial charge in [0.15, 0.2) is 0 Å². The number of aromatic nitrogens is 2. The van der Waals surface area contributed by atoms with Crippen LogP contribution < -0.4 is 0 Å². The van der Waals surface area contributed by atoms with Crippen molar-refractivity contribution in [3.63, 3.8) is 0 Å². The number of aliphatic carboxylic acids is 1. The van der Waals surface area contributed by atoms with E-state index >= 15 is 0 Å². The predicted molar refractivity (Wildman–Crippen MR) is 106 cm³/mol. The molecule has 0 spiro atoms. The molecule has 0 saturated heterocycles. The van der Waals surface area contributed by atoms with Gasteiger partial charge in [-0.25, -0.2) is 4.98 Å². The Bertz CT molecular complexity index is 1110. The largest absolute Gasteiger partial charge is 0.481 e. The molecule has 0 aliphatic rings.